The maximum absolute atomic E-state index is 11.0. The third-order valence-electron chi connectivity index (χ3n) is 3.08. The van der Waals surface area contributed by atoms with Gasteiger partial charge in [0.15, 0.2) is 0 Å². The highest BCUT2D eigenvalue weighted by atomic mass is 35.5. The molecule has 19 heavy (non-hydrogen) atoms. The van der Waals surface area contributed by atoms with Crippen molar-refractivity contribution in [1.82, 2.24) is 4.90 Å². The zero-order chi connectivity index (χ0) is 13.1. The van der Waals surface area contributed by atoms with Crippen molar-refractivity contribution in [3.63, 3.8) is 0 Å². The van der Waals surface area contributed by atoms with Gasteiger partial charge >= 0.3 is 0 Å². The van der Waals surface area contributed by atoms with E-state index in [2.05, 4.69) is 11.9 Å². The smallest absolute Gasteiger partial charge is 0.282 e. The van der Waals surface area contributed by atoms with Crippen LogP contribution in [0.4, 0.5) is 5.69 Å². The van der Waals surface area contributed by atoms with Crippen LogP contribution in [0, 0.1) is 10.1 Å². The first-order valence-electron chi connectivity index (χ1n) is 5.85. The number of benzene rings is 1. The molecular formula is C12H16Cl2N2O2S. The van der Waals surface area contributed by atoms with E-state index in [1.54, 1.807) is 23.9 Å². The predicted octanol–water partition coefficient (Wildman–Crippen LogP) is 3.86. The molecule has 2 rings (SSSR count). The number of nitrogens with zero attached hydrogens (tertiary/aromatic N) is 2. The molecule has 0 atom stereocenters. The minimum Gasteiger partial charge on any atom is -0.306 e. The molecule has 1 aromatic carbocycles. The molecular weight excluding hydrogens is 307 g/mol. The molecule has 1 aliphatic heterocycles. The van der Waals surface area contributed by atoms with Crippen molar-refractivity contribution in [2.45, 2.75) is 23.0 Å². The molecule has 1 heterocycles. The van der Waals surface area contributed by atoms with Crippen molar-refractivity contribution in [3.05, 3.63) is 33.3 Å². The van der Waals surface area contributed by atoms with Crippen LogP contribution in [0.5, 0.6) is 0 Å². The molecule has 4 nitrogen and oxygen atoms in total. The van der Waals surface area contributed by atoms with E-state index in [0.717, 1.165) is 25.9 Å². The number of halogens is 2. The predicted molar refractivity (Wildman–Crippen MR) is 81.7 cm³/mol. The second-order valence-corrected chi connectivity index (χ2v) is 6.27. The molecule has 0 unspecified atom stereocenters. The van der Waals surface area contributed by atoms with Crippen LogP contribution in [0.2, 0.25) is 5.02 Å². The lowest BCUT2D eigenvalue weighted by atomic mass is 10.1. The molecule has 1 aromatic rings. The molecule has 1 aliphatic rings. The average Bonchev–Trinajstić information content (AvgIpc) is 2.32. The molecule has 0 spiro atoms. The van der Waals surface area contributed by atoms with Gasteiger partial charge in [-0.25, -0.2) is 0 Å². The standard InChI is InChI=1S/C12H15ClN2O2S.ClH/c1-14-6-4-10(5-7-14)18-12-8-9(13)2-3-11(12)15(16)17;/h2-3,8,10H,4-7H2,1H3;1H. The highest BCUT2D eigenvalue weighted by Crippen LogP contribution is 2.37. The van der Waals surface area contributed by atoms with Gasteiger partial charge in [-0.15, -0.1) is 24.2 Å². The number of likely N-dealkylation sites (tertiary alicyclic amines) is 1. The Morgan fingerprint density at radius 3 is 2.63 bits per heavy atom. The summed E-state index contributed by atoms with van der Waals surface area (Å²) in [4.78, 5) is 13.6. The number of hydrogen-bond donors (Lipinski definition) is 0. The SMILES string of the molecule is CN1CCC(Sc2cc(Cl)ccc2[N+](=O)[O-])CC1.Cl. The molecule has 0 bridgehead atoms. The number of piperidine rings is 1. The normalized spacial score (nSPS) is 16.9. The maximum atomic E-state index is 11.0. The van der Waals surface area contributed by atoms with Crippen LogP contribution in [-0.2, 0) is 0 Å². The van der Waals surface area contributed by atoms with Gasteiger partial charge in [0.2, 0.25) is 0 Å². The van der Waals surface area contributed by atoms with Crippen LogP contribution in [-0.4, -0.2) is 35.2 Å². The monoisotopic (exact) mass is 322 g/mol. The minimum absolute atomic E-state index is 0. The van der Waals surface area contributed by atoms with E-state index in [1.165, 1.54) is 6.07 Å². The largest absolute Gasteiger partial charge is 0.306 e. The van der Waals surface area contributed by atoms with Crippen LogP contribution in [0.15, 0.2) is 23.1 Å². The lowest BCUT2D eigenvalue weighted by molar-refractivity contribution is -0.387. The Bertz CT molecular complexity index is 451. The average molecular weight is 323 g/mol. The Morgan fingerprint density at radius 1 is 1.42 bits per heavy atom. The van der Waals surface area contributed by atoms with E-state index in [1.807, 2.05) is 0 Å². The third kappa shape index (κ3) is 4.53. The first kappa shape index (κ1) is 16.6. The van der Waals surface area contributed by atoms with Crippen LogP contribution >= 0.6 is 35.8 Å². The van der Waals surface area contributed by atoms with Crippen molar-refractivity contribution in [1.29, 1.82) is 0 Å². The summed E-state index contributed by atoms with van der Waals surface area (Å²) in [5, 5.41) is 12.0. The van der Waals surface area contributed by atoms with Gasteiger partial charge in [0, 0.05) is 16.3 Å². The van der Waals surface area contributed by atoms with Gasteiger partial charge < -0.3 is 4.90 Å². The second kappa shape index (κ2) is 7.33. The molecule has 1 fully saturated rings. The highest BCUT2D eigenvalue weighted by molar-refractivity contribution is 8.00. The minimum atomic E-state index is -0.340. The summed E-state index contributed by atoms with van der Waals surface area (Å²) in [6.07, 6.45) is 2.12. The molecule has 0 radical (unpaired) electrons. The summed E-state index contributed by atoms with van der Waals surface area (Å²) in [6, 6.07) is 4.75. The second-order valence-electron chi connectivity index (χ2n) is 4.49. The Hall–Kier alpha value is -0.490. The molecule has 0 aliphatic carbocycles. The van der Waals surface area contributed by atoms with E-state index in [-0.39, 0.29) is 23.0 Å². The fraction of sp³-hybridized carbons (Fsp3) is 0.500. The van der Waals surface area contributed by atoms with Gasteiger partial charge in [-0.3, -0.25) is 10.1 Å². The summed E-state index contributed by atoms with van der Waals surface area (Å²) in [7, 11) is 2.10. The summed E-state index contributed by atoms with van der Waals surface area (Å²) >= 11 is 7.50. The first-order valence-corrected chi connectivity index (χ1v) is 7.11. The molecule has 0 N–H and O–H groups in total. The first-order chi connectivity index (χ1) is 8.56. The molecule has 0 aromatic heterocycles. The summed E-state index contributed by atoms with van der Waals surface area (Å²) in [5.41, 5.74) is 0.156. The lowest BCUT2D eigenvalue weighted by Crippen LogP contribution is -2.31. The molecule has 1 saturated heterocycles. The zero-order valence-corrected chi connectivity index (χ0v) is 12.9. The lowest BCUT2D eigenvalue weighted by Gasteiger charge is -2.28. The van der Waals surface area contributed by atoms with Crippen LogP contribution in [0.3, 0.4) is 0 Å². The van der Waals surface area contributed by atoms with Crippen LogP contribution < -0.4 is 0 Å². The zero-order valence-electron chi connectivity index (χ0n) is 10.5. The number of nitro groups is 1. The summed E-state index contributed by atoms with van der Waals surface area (Å²) in [6.45, 7) is 2.10. The Labute approximate surface area is 128 Å². The van der Waals surface area contributed by atoms with Gasteiger partial charge in [0.1, 0.15) is 0 Å². The maximum Gasteiger partial charge on any atom is 0.282 e. The van der Waals surface area contributed by atoms with Crippen molar-refractivity contribution >= 4 is 41.5 Å². The Kier molecular flexibility index (Phi) is 6.39. The van der Waals surface area contributed by atoms with Crippen LogP contribution in [0.1, 0.15) is 12.8 Å². The fourth-order valence-corrected chi connectivity index (χ4v) is 3.52. The number of hydrogen-bond acceptors (Lipinski definition) is 4. The topological polar surface area (TPSA) is 46.4 Å². The number of thioether (sulfide) groups is 1. The molecule has 0 amide bonds. The number of rotatable bonds is 3. The van der Waals surface area contributed by atoms with Crippen molar-refractivity contribution < 1.29 is 4.92 Å². The van der Waals surface area contributed by atoms with E-state index >= 15 is 0 Å². The fourth-order valence-electron chi connectivity index (χ4n) is 2.02. The highest BCUT2D eigenvalue weighted by Gasteiger charge is 2.22. The van der Waals surface area contributed by atoms with E-state index < -0.39 is 0 Å². The quantitative estimate of drug-likeness (QED) is 0.626. The Balaban J connectivity index is 0.00000180. The van der Waals surface area contributed by atoms with E-state index in [4.69, 9.17) is 11.6 Å². The van der Waals surface area contributed by atoms with Gasteiger partial charge in [-0.2, -0.15) is 0 Å². The van der Waals surface area contributed by atoms with Gasteiger partial charge in [0.25, 0.3) is 5.69 Å². The Morgan fingerprint density at radius 2 is 2.05 bits per heavy atom. The molecule has 106 valence electrons. The molecule has 7 heteroatoms. The van der Waals surface area contributed by atoms with Gasteiger partial charge in [-0.1, -0.05) is 11.6 Å². The summed E-state index contributed by atoms with van der Waals surface area (Å²) in [5.74, 6) is 0. The van der Waals surface area contributed by atoms with Gasteiger partial charge in [-0.05, 0) is 45.1 Å². The van der Waals surface area contributed by atoms with Crippen molar-refractivity contribution in [3.8, 4) is 0 Å². The van der Waals surface area contributed by atoms with Crippen molar-refractivity contribution in [2.24, 2.45) is 0 Å². The third-order valence-corrected chi connectivity index (χ3v) is 4.70. The van der Waals surface area contributed by atoms with Gasteiger partial charge in [0.05, 0.1) is 9.82 Å². The van der Waals surface area contributed by atoms with Crippen molar-refractivity contribution in [2.75, 3.05) is 20.1 Å². The van der Waals surface area contributed by atoms with Crippen LogP contribution in [0.25, 0.3) is 0 Å². The van der Waals surface area contributed by atoms with E-state index in [0.29, 0.717) is 15.2 Å². The van der Waals surface area contributed by atoms with E-state index in [9.17, 15) is 10.1 Å². The number of nitro benzene ring substituents is 1. The molecule has 0 saturated carbocycles. The summed E-state index contributed by atoms with van der Waals surface area (Å²) < 4.78 is 0.